The Morgan fingerprint density at radius 3 is 2.54 bits per heavy atom. The standard InChI is InChI=1S/C18H21NO5/c1-2-13-16(18(22)23-11-10-19)15(17(20)21)14(24-13)9-8-12-6-4-3-5-7-12/h2-9,13-16H,1,10-11,19H2,(H,20,21)/b9-8+. The molecule has 1 saturated heterocycles. The number of esters is 1. The second-order valence-corrected chi connectivity index (χ2v) is 5.42. The zero-order valence-corrected chi connectivity index (χ0v) is 13.2. The van der Waals surface area contributed by atoms with Gasteiger partial charge in [-0.2, -0.15) is 0 Å². The maximum atomic E-state index is 12.2. The lowest BCUT2D eigenvalue weighted by atomic mass is 9.86. The van der Waals surface area contributed by atoms with Crippen LogP contribution in [0.3, 0.4) is 0 Å². The molecule has 0 amide bonds. The summed E-state index contributed by atoms with van der Waals surface area (Å²) in [6.45, 7) is 3.84. The van der Waals surface area contributed by atoms with Crippen molar-refractivity contribution in [3.8, 4) is 0 Å². The number of benzene rings is 1. The first kappa shape index (κ1) is 17.9. The second kappa shape index (κ2) is 8.42. The molecule has 0 spiro atoms. The maximum Gasteiger partial charge on any atom is 0.312 e. The summed E-state index contributed by atoms with van der Waals surface area (Å²) in [5.74, 6) is -3.74. The average molecular weight is 331 g/mol. The van der Waals surface area contributed by atoms with E-state index >= 15 is 0 Å². The Labute approximate surface area is 140 Å². The third kappa shape index (κ3) is 4.10. The van der Waals surface area contributed by atoms with Crippen LogP contribution in [0.4, 0.5) is 0 Å². The Bertz CT molecular complexity index is 613. The maximum absolute atomic E-state index is 12.2. The number of nitrogens with two attached hydrogens (primary N) is 1. The number of aliphatic carboxylic acids is 1. The highest BCUT2D eigenvalue weighted by Gasteiger charge is 2.51. The molecule has 0 saturated carbocycles. The third-order valence-corrected chi connectivity index (χ3v) is 3.84. The third-order valence-electron chi connectivity index (χ3n) is 3.84. The number of rotatable bonds is 7. The second-order valence-electron chi connectivity index (χ2n) is 5.42. The van der Waals surface area contributed by atoms with Gasteiger partial charge in [-0.15, -0.1) is 6.58 Å². The molecule has 1 aliphatic heterocycles. The lowest BCUT2D eigenvalue weighted by molar-refractivity contribution is -0.156. The van der Waals surface area contributed by atoms with Crippen molar-refractivity contribution in [2.24, 2.45) is 17.6 Å². The molecule has 6 nitrogen and oxygen atoms in total. The lowest BCUT2D eigenvalue weighted by Gasteiger charge is -2.17. The Morgan fingerprint density at radius 2 is 1.96 bits per heavy atom. The Morgan fingerprint density at radius 1 is 1.25 bits per heavy atom. The van der Waals surface area contributed by atoms with Crippen LogP contribution in [0.15, 0.2) is 49.1 Å². The van der Waals surface area contributed by atoms with E-state index in [4.69, 9.17) is 15.2 Å². The van der Waals surface area contributed by atoms with Crippen molar-refractivity contribution in [2.75, 3.05) is 13.2 Å². The number of hydrogen-bond acceptors (Lipinski definition) is 5. The zero-order chi connectivity index (χ0) is 17.5. The molecule has 128 valence electrons. The minimum atomic E-state index is -1.11. The summed E-state index contributed by atoms with van der Waals surface area (Å²) in [4.78, 5) is 23.9. The van der Waals surface area contributed by atoms with Gasteiger partial charge in [0.2, 0.25) is 0 Å². The van der Waals surface area contributed by atoms with Crippen molar-refractivity contribution in [1.82, 2.24) is 0 Å². The van der Waals surface area contributed by atoms with Crippen LogP contribution in [0.25, 0.3) is 6.08 Å². The van der Waals surface area contributed by atoms with Crippen LogP contribution in [-0.2, 0) is 19.1 Å². The molecule has 0 aliphatic carbocycles. The van der Waals surface area contributed by atoms with Gasteiger partial charge in [-0.1, -0.05) is 48.6 Å². The van der Waals surface area contributed by atoms with Crippen LogP contribution in [0, 0.1) is 11.8 Å². The molecule has 4 unspecified atom stereocenters. The molecule has 6 heteroatoms. The molecule has 0 aromatic heterocycles. The van der Waals surface area contributed by atoms with E-state index in [0.717, 1.165) is 5.56 Å². The summed E-state index contributed by atoms with van der Waals surface area (Å²) < 4.78 is 10.7. The number of carbonyl (C=O) groups is 2. The number of carboxylic acids is 1. The van der Waals surface area contributed by atoms with E-state index in [1.807, 2.05) is 30.3 Å². The number of hydrogen-bond donors (Lipinski definition) is 2. The van der Waals surface area contributed by atoms with Gasteiger partial charge < -0.3 is 20.3 Å². The molecule has 3 N–H and O–H groups in total. The normalized spacial score (nSPS) is 26.4. The van der Waals surface area contributed by atoms with E-state index in [1.54, 1.807) is 12.2 Å². The summed E-state index contributed by atoms with van der Waals surface area (Å²) in [5.41, 5.74) is 6.23. The fourth-order valence-corrected chi connectivity index (χ4v) is 2.73. The predicted octanol–water partition coefficient (Wildman–Crippen LogP) is 1.47. The van der Waals surface area contributed by atoms with Crippen LogP contribution in [-0.4, -0.2) is 42.4 Å². The van der Waals surface area contributed by atoms with Crippen LogP contribution in [0.5, 0.6) is 0 Å². The number of carbonyl (C=O) groups excluding carboxylic acids is 1. The molecule has 1 heterocycles. The van der Waals surface area contributed by atoms with Crippen molar-refractivity contribution >= 4 is 18.0 Å². The van der Waals surface area contributed by atoms with Gasteiger partial charge in [0.25, 0.3) is 0 Å². The minimum Gasteiger partial charge on any atom is -0.481 e. The van der Waals surface area contributed by atoms with Gasteiger partial charge >= 0.3 is 11.9 Å². The minimum absolute atomic E-state index is 0.0378. The SMILES string of the molecule is C=CC1OC(/C=C/c2ccccc2)C(C(=O)O)C1C(=O)OCCN. The van der Waals surface area contributed by atoms with Gasteiger partial charge in [-0.3, -0.25) is 9.59 Å². The molecule has 2 rings (SSSR count). The van der Waals surface area contributed by atoms with Crippen LogP contribution in [0.2, 0.25) is 0 Å². The molecule has 0 bridgehead atoms. The Hall–Kier alpha value is -2.44. The fraction of sp³-hybridized carbons (Fsp3) is 0.333. The van der Waals surface area contributed by atoms with E-state index in [2.05, 4.69) is 6.58 Å². The van der Waals surface area contributed by atoms with E-state index in [0.29, 0.717) is 0 Å². The molecule has 24 heavy (non-hydrogen) atoms. The average Bonchev–Trinajstić information content (AvgIpc) is 2.97. The Kier molecular flexibility index (Phi) is 6.28. The molecular weight excluding hydrogens is 310 g/mol. The topological polar surface area (TPSA) is 98.8 Å². The summed E-state index contributed by atoms with van der Waals surface area (Å²) in [5, 5.41) is 9.56. The molecule has 0 radical (unpaired) electrons. The summed E-state index contributed by atoms with van der Waals surface area (Å²) in [7, 11) is 0. The van der Waals surface area contributed by atoms with Gasteiger partial charge in [0.1, 0.15) is 18.4 Å². The summed E-state index contributed by atoms with van der Waals surface area (Å²) in [6.07, 6.45) is 3.39. The molecule has 4 atom stereocenters. The number of carboxylic acid groups (broad SMARTS) is 1. The smallest absolute Gasteiger partial charge is 0.312 e. The summed E-state index contributed by atoms with van der Waals surface area (Å²) in [6, 6.07) is 9.42. The van der Waals surface area contributed by atoms with E-state index < -0.39 is 36.0 Å². The Balaban J connectivity index is 2.22. The van der Waals surface area contributed by atoms with Gasteiger partial charge in [0.05, 0.1) is 12.2 Å². The first-order chi connectivity index (χ1) is 11.6. The first-order valence-electron chi connectivity index (χ1n) is 7.69. The van der Waals surface area contributed by atoms with E-state index in [-0.39, 0.29) is 13.2 Å². The first-order valence-corrected chi connectivity index (χ1v) is 7.69. The predicted molar refractivity (Wildman–Crippen MR) is 89.0 cm³/mol. The quantitative estimate of drug-likeness (QED) is 0.580. The molecular formula is C18H21NO5. The van der Waals surface area contributed by atoms with Gasteiger partial charge in [-0.05, 0) is 5.56 Å². The largest absolute Gasteiger partial charge is 0.481 e. The van der Waals surface area contributed by atoms with Gasteiger partial charge in [0.15, 0.2) is 0 Å². The number of ether oxygens (including phenoxy) is 2. The molecule has 1 aliphatic rings. The monoisotopic (exact) mass is 331 g/mol. The van der Waals surface area contributed by atoms with Crippen molar-refractivity contribution in [1.29, 1.82) is 0 Å². The molecule has 1 aromatic rings. The van der Waals surface area contributed by atoms with E-state index in [1.165, 1.54) is 6.08 Å². The van der Waals surface area contributed by atoms with Crippen molar-refractivity contribution in [3.05, 3.63) is 54.6 Å². The van der Waals surface area contributed by atoms with Crippen LogP contribution in [0.1, 0.15) is 5.56 Å². The van der Waals surface area contributed by atoms with Crippen LogP contribution >= 0.6 is 0 Å². The van der Waals surface area contributed by atoms with Gasteiger partial charge in [-0.25, -0.2) is 0 Å². The van der Waals surface area contributed by atoms with Crippen molar-refractivity contribution in [3.63, 3.8) is 0 Å². The zero-order valence-electron chi connectivity index (χ0n) is 13.2. The van der Waals surface area contributed by atoms with E-state index in [9.17, 15) is 14.7 Å². The van der Waals surface area contributed by atoms with Crippen LogP contribution < -0.4 is 5.73 Å². The highest BCUT2D eigenvalue weighted by atomic mass is 16.5. The molecule has 1 fully saturated rings. The summed E-state index contributed by atoms with van der Waals surface area (Å²) >= 11 is 0. The fourth-order valence-electron chi connectivity index (χ4n) is 2.73. The highest BCUT2D eigenvalue weighted by Crippen LogP contribution is 2.35. The lowest BCUT2D eigenvalue weighted by Crippen LogP contribution is -2.36. The van der Waals surface area contributed by atoms with Crippen molar-refractivity contribution < 1.29 is 24.2 Å². The highest BCUT2D eigenvalue weighted by molar-refractivity contribution is 5.83. The van der Waals surface area contributed by atoms with Crippen molar-refractivity contribution in [2.45, 2.75) is 12.2 Å². The molecule has 1 aromatic carbocycles. The van der Waals surface area contributed by atoms with Gasteiger partial charge in [0, 0.05) is 6.54 Å².